The Morgan fingerprint density at radius 3 is 1.30 bits per heavy atom. The summed E-state index contributed by atoms with van der Waals surface area (Å²) in [4.78, 5) is 2.06. The number of para-hydroxylation sites is 1. The standard InChI is InChI=1S/C14H27NO6Si2/c1-16-22(17-2,18-3)12-15(14-10-8-7-9-11-14)13-23(19-4,20-5)21-6/h7-11H,12-13H2,1-6H3. The lowest BCUT2D eigenvalue weighted by atomic mass is 10.3. The molecule has 0 spiro atoms. The Labute approximate surface area is 140 Å². The van der Waals surface area contributed by atoms with Crippen molar-refractivity contribution in [3.05, 3.63) is 30.3 Å². The molecule has 7 nitrogen and oxygen atoms in total. The van der Waals surface area contributed by atoms with Gasteiger partial charge in [0.15, 0.2) is 0 Å². The largest absolute Gasteiger partial charge is 0.520 e. The monoisotopic (exact) mass is 361 g/mol. The van der Waals surface area contributed by atoms with Crippen LogP contribution in [0.15, 0.2) is 30.3 Å². The first-order chi connectivity index (χ1) is 11.0. The van der Waals surface area contributed by atoms with Crippen LogP contribution in [0, 0.1) is 0 Å². The molecule has 0 saturated heterocycles. The highest BCUT2D eigenvalue weighted by Crippen LogP contribution is 2.21. The van der Waals surface area contributed by atoms with Crippen molar-refractivity contribution in [1.29, 1.82) is 0 Å². The molecule has 0 atom stereocenters. The van der Waals surface area contributed by atoms with Crippen LogP contribution in [-0.4, -0.2) is 72.6 Å². The first kappa shape index (κ1) is 20.3. The summed E-state index contributed by atoms with van der Waals surface area (Å²) in [6, 6.07) is 9.89. The van der Waals surface area contributed by atoms with Crippen LogP contribution in [-0.2, 0) is 26.6 Å². The van der Waals surface area contributed by atoms with Gasteiger partial charge in [-0.05, 0) is 12.1 Å². The Hall–Kier alpha value is -0.786. The number of anilines is 1. The SMILES string of the molecule is CO[Si](CN(C[Si](OC)(OC)OC)c1ccccc1)(OC)OC. The molecule has 1 aromatic rings. The summed E-state index contributed by atoms with van der Waals surface area (Å²) in [6.07, 6.45) is 0.899. The molecule has 0 amide bonds. The Kier molecular flexibility index (Phi) is 8.36. The van der Waals surface area contributed by atoms with Crippen molar-refractivity contribution in [3.63, 3.8) is 0 Å². The number of benzene rings is 1. The van der Waals surface area contributed by atoms with Crippen molar-refractivity contribution < 1.29 is 26.6 Å². The van der Waals surface area contributed by atoms with E-state index in [0.29, 0.717) is 12.3 Å². The highest BCUT2D eigenvalue weighted by molar-refractivity contribution is 6.63. The average molecular weight is 362 g/mol. The van der Waals surface area contributed by atoms with Gasteiger partial charge in [-0.25, -0.2) is 0 Å². The van der Waals surface area contributed by atoms with Gasteiger partial charge in [0, 0.05) is 48.3 Å². The molecular weight excluding hydrogens is 334 g/mol. The van der Waals surface area contributed by atoms with Gasteiger partial charge in [-0.15, -0.1) is 0 Å². The predicted molar refractivity (Wildman–Crippen MR) is 92.2 cm³/mol. The van der Waals surface area contributed by atoms with E-state index in [1.165, 1.54) is 0 Å². The second-order valence-electron chi connectivity index (χ2n) is 4.78. The molecule has 9 heteroatoms. The third kappa shape index (κ3) is 5.09. The van der Waals surface area contributed by atoms with Crippen molar-refractivity contribution in [3.8, 4) is 0 Å². The third-order valence-corrected chi connectivity index (χ3v) is 9.03. The Morgan fingerprint density at radius 1 is 0.652 bits per heavy atom. The van der Waals surface area contributed by atoms with Gasteiger partial charge in [0.1, 0.15) is 0 Å². The van der Waals surface area contributed by atoms with E-state index in [2.05, 4.69) is 4.90 Å². The molecule has 0 unspecified atom stereocenters. The fraction of sp³-hybridized carbons (Fsp3) is 0.571. The van der Waals surface area contributed by atoms with Crippen LogP contribution in [0.3, 0.4) is 0 Å². The number of rotatable bonds is 11. The number of hydrogen-bond acceptors (Lipinski definition) is 7. The average Bonchev–Trinajstić information content (AvgIpc) is 2.64. The predicted octanol–water partition coefficient (Wildman–Crippen LogP) is 1.33. The lowest BCUT2D eigenvalue weighted by molar-refractivity contribution is 0.118. The van der Waals surface area contributed by atoms with E-state index in [9.17, 15) is 0 Å². The highest BCUT2D eigenvalue weighted by atomic mass is 28.4. The lowest BCUT2D eigenvalue weighted by Gasteiger charge is -2.36. The first-order valence-corrected chi connectivity index (χ1v) is 11.0. The summed E-state index contributed by atoms with van der Waals surface area (Å²) in [5.74, 6) is 0. The van der Waals surface area contributed by atoms with E-state index in [-0.39, 0.29) is 0 Å². The molecule has 1 rings (SSSR count). The summed E-state index contributed by atoms with van der Waals surface area (Å²) in [7, 11) is 3.92. The van der Waals surface area contributed by atoms with E-state index >= 15 is 0 Å². The minimum Gasteiger partial charge on any atom is -0.376 e. The quantitative estimate of drug-likeness (QED) is 0.551. The zero-order valence-corrected chi connectivity index (χ0v) is 16.7. The van der Waals surface area contributed by atoms with E-state index in [0.717, 1.165) is 5.69 Å². The van der Waals surface area contributed by atoms with Gasteiger partial charge in [0.05, 0.1) is 12.3 Å². The zero-order chi connectivity index (χ0) is 17.3. The van der Waals surface area contributed by atoms with Gasteiger partial charge in [-0.1, -0.05) is 18.2 Å². The molecule has 0 fully saturated rings. The molecule has 0 aromatic heterocycles. The van der Waals surface area contributed by atoms with Crippen molar-refractivity contribution in [2.24, 2.45) is 0 Å². The first-order valence-electron chi connectivity index (χ1n) is 7.15. The summed E-state index contributed by atoms with van der Waals surface area (Å²) in [6.45, 7) is 0. The molecular formula is C14H27NO6Si2. The molecule has 0 radical (unpaired) electrons. The van der Waals surface area contributed by atoms with Gasteiger partial charge in [-0.2, -0.15) is 0 Å². The second kappa shape index (κ2) is 9.50. The van der Waals surface area contributed by atoms with Gasteiger partial charge in [0.2, 0.25) is 0 Å². The van der Waals surface area contributed by atoms with E-state index in [1.54, 1.807) is 42.7 Å². The zero-order valence-electron chi connectivity index (χ0n) is 14.7. The minimum absolute atomic E-state index is 0.450. The van der Waals surface area contributed by atoms with Gasteiger partial charge in [-0.3, -0.25) is 0 Å². The summed E-state index contributed by atoms with van der Waals surface area (Å²) in [5.41, 5.74) is 0.985. The maximum Gasteiger partial charge on any atom is 0.520 e. The number of nitrogens with zero attached hydrogens (tertiary/aromatic N) is 1. The maximum atomic E-state index is 5.55. The van der Waals surface area contributed by atoms with Crippen molar-refractivity contribution >= 4 is 23.3 Å². The van der Waals surface area contributed by atoms with Gasteiger partial charge < -0.3 is 31.5 Å². The van der Waals surface area contributed by atoms with Crippen molar-refractivity contribution in [2.75, 3.05) is 59.9 Å². The molecule has 0 saturated carbocycles. The van der Waals surface area contributed by atoms with Crippen molar-refractivity contribution in [2.45, 2.75) is 0 Å². The third-order valence-electron chi connectivity index (χ3n) is 3.76. The Bertz CT molecular complexity index is 404. The molecule has 0 aliphatic carbocycles. The van der Waals surface area contributed by atoms with E-state index in [1.807, 2.05) is 30.3 Å². The molecule has 0 aliphatic rings. The van der Waals surface area contributed by atoms with E-state index < -0.39 is 17.6 Å². The topological polar surface area (TPSA) is 58.6 Å². The lowest BCUT2D eigenvalue weighted by Crippen LogP contribution is -2.60. The molecule has 23 heavy (non-hydrogen) atoms. The Balaban J connectivity index is 3.13. The normalized spacial score (nSPS) is 12.4. The van der Waals surface area contributed by atoms with Crippen LogP contribution < -0.4 is 4.90 Å². The van der Waals surface area contributed by atoms with Crippen LogP contribution in [0.25, 0.3) is 0 Å². The molecule has 132 valence electrons. The van der Waals surface area contributed by atoms with E-state index in [4.69, 9.17) is 26.6 Å². The van der Waals surface area contributed by atoms with Crippen LogP contribution >= 0.6 is 0 Å². The van der Waals surface area contributed by atoms with Crippen LogP contribution in [0.5, 0.6) is 0 Å². The highest BCUT2D eigenvalue weighted by Gasteiger charge is 2.46. The van der Waals surface area contributed by atoms with Gasteiger partial charge >= 0.3 is 17.6 Å². The fourth-order valence-electron chi connectivity index (χ4n) is 2.23. The molecule has 0 bridgehead atoms. The Morgan fingerprint density at radius 2 is 1.00 bits per heavy atom. The molecule has 0 N–H and O–H groups in total. The van der Waals surface area contributed by atoms with Crippen molar-refractivity contribution in [1.82, 2.24) is 0 Å². The van der Waals surface area contributed by atoms with Gasteiger partial charge in [0.25, 0.3) is 0 Å². The van der Waals surface area contributed by atoms with Crippen LogP contribution in [0.1, 0.15) is 0 Å². The smallest absolute Gasteiger partial charge is 0.376 e. The molecule has 0 heterocycles. The molecule has 1 aromatic carbocycles. The molecule has 0 aliphatic heterocycles. The summed E-state index contributed by atoms with van der Waals surface area (Å²) >= 11 is 0. The second-order valence-corrected chi connectivity index (χ2v) is 10.6. The fourth-order valence-corrected chi connectivity index (χ4v) is 5.75. The maximum absolute atomic E-state index is 5.55. The number of hydrogen-bond donors (Lipinski definition) is 0. The minimum atomic E-state index is -2.82. The summed E-state index contributed by atoms with van der Waals surface area (Å²) in [5, 5.41) is 0. The van der Waals surface area contributed by atoms with Crippen LogP contribution in [0.4, 0.5) is 5.69 Å². The summed E-state index contributed by atoms with van der Waals surface area (Å²) < 4.78 is 33.3. The van der Waals surface area contributed by atoms with Crippen LogP contribution in [0.2, 0.25) is 0 Å².